The summed E-state index contributed by atoms with van der Waals surface area (Å²) in [5.74, 6) is 3.03. The minimum atomic E-state index is -0.135. The molecule has 2 heteroatoms. The summed E-state index contributed by atoms with van der Waals surface area (Å²) in [5.41, 5.74) is 4.02. The van der Waals surface area contributed by atoms with Gasteiger partial charge in [0.05, 0.1) is 0 Å². The molecule has 0 aromatic heterocycles. The highest BCUT2D eigenvalue weighted by Crippen LogP contribution is 2.62. The molecule has 0 saturated heterocycles. The molecule has 0 aliphatic heterocycles. The molecule has 1 N–H and O–H groups in total. The van der Waals surface area contributed by atoms with E-state index in [4.69, 9.17) is 0 Å². The summed E-state index contributed by atoms with van der Waals surface area (Å²) >= 11 is 0. The molecule has 2 saturated carbocycles. The SMILES string of the molecule is C[C@]12CC[C@@H]3c4ccc(O)cc4CC[C@H]3[C@@H]1[C@H](CCc1ccc3ccccc3c1)CC2=O. The highest BCUT2D eigenvalue weighted by atomic mass is 16.3. The van der Waals surface area contributed by atoms with Crippen molar-refractivity contribution in [2.45, 2.75) is 57.8 Å². The largest absolute Gasteiger partial charge is 0.508 e. The predicted octanol–water partition coefficient (Wildman–Crippen LogP) is 6.83. The molecule has 0 bridgehead atoms. The van der Waals surface area contributed by atoms with Gasteiger partial charge in [-0.2, -0.15) is 0 Å². The van der Waals surface area contributed by atoms with Crippen LogP contribution in [0.3, 0.4) is 0 Å². The quantitative estimate of drug-likeness (QED) is 0.500. The van der Waals surface area contributed by atoms with Gasteiger partial charge in [-0.1, -0.05) is 55.5 Å². The van der Waals surface area contributed by atoms with E-state index in [-0.39, 0.29) is 5.41 Å². The molecule has 3 aliphatic rings. The van der Waals surface area contributed by atoms with E-state index < -0.39 is 0 Å². The Morgan fingerprint density at radius 3 is 2.72 bits per heavy atom. The van der Waals surface area contributed by atoms with Gasteiger partial charge in [-0.15, -0.1) is 0 Å². The minimum Gasteiger partial charge on any atom is -0.508 e. The Bertz CT molecular complexity index is 1190. The summed E-state index contributed by atoms with van der Waals surface area (Å²) in [6.07, 6.45) is 7.24. The second-order valence-electron chi connectivity index (χ2n) is 10.8. The van der Waals surface area contributed by atoms with Crippen LogP contribution in [0.1, 0.15) is 61.6 Å². The van der Waals surface area contributed by atoms with E-state index in [0.29, 0.717) is 35.2 Å². The normalized spacial score (nSPS) is 31.2. The number of Topliss-reactive ketones (excluding diaryl/α,β-unsaturated/α-hetero) is 1. The molecule has 3 aliphatic carbocycles. The summed E-state index contributed by atoms with van der Waals surface area (Å²) in [5, 5.41) is 12.6. The fourth-order valence-corrected chi connectivity index (χ4v) is 7.64. The van der Waals surface area contributed by atoms with E-state index in [1.54, 1.807) is 0 Å². The van der Waals surface area contributed by atoms with Crippen LogP contribution in [-0.2, 0) is 17.6 Å². The van der Waals surface area contributed by atoms with Crippen molar-refractivity contribution in [2.24, 2.45) is 23.2 Å². The number of carbonyl (C=O) groups is 1. The van der Waals surface area contributed by atoms with Gasteiger partial charge in [0, 0.05) is 11.8 Å². The van der Waals surface area contributed by atoms with Crippen molar-refractivity contribution in [3.63, 3.8) is 0 Å². The second-order valence-corrected chi connectivity index (χ2v) is 10.8. The van der Waals surface area contributed by atoms with E-state index in [1.807, 2.05) is 12.1 Å². The lowest BCUT2D eigenvalue weighted by Crippen LogP contribution is -2.44. The standard InChI is InChI=1S/C30H32O2/c1-30-15-14-26-25-13-11-24(31)17-22(25)10-12-27(26)29(30)23(18-28(30)32)9-7-19-6-8-20-4-2-3-5-21(20)16-19/h2-6,8,11,13,16-17,23,26-27,29,31H,7,9-10,12,14-15,18H2,1H3/t23-,26-,27-,29+,30-/m1/s1. The number of phenolic OH excluding ortho intramolecular Hbond substituents is 1. The summed E-state index contributed by atoms with van der Waals surface area (Å²) < 4.78 is 0. The Labute approximate surface area is 190 Å². The fraction of sp³-hybridized carbons (Fsp3) is 0.433. The third-order valence-corrected chi connectivity index (χ3v) is 9.17. The van der Waals surface area contributed by atoms with Gasteiger partial charge < -0.3 is 5.11 Å². The van der Waals surface area contributed by atoms with E-state index in [9.17, 15) is 9.90 Å². The summed E-state index contributed by atoms with van der Waals surface area (Å²) in [7, 11) is 0. The van der Waals surface area contributed by atoms with Gasteiger partial charge in [0.25, 0.3) is 0 Å². The summed E-state index contributed by atoms with van der Waals surface area (Å²) in [6, 6.07) is 21.4. The van der Waals surface area contributed by atoms with Crippen molar-refractivity contribution in [1.82, 2.24) is 0 Å². The van der Waals surface area contributed by atoms with Gasteiger partial charge in [-0.3, -0.25) is 4.79 Å². The summed E-state index contributed by atoms with van der Waals surface area (Å²) in [4.78, 5) is 13.3. The number of aromatic hydroxyl groups is 1. The van der Waals surface area contributed by atoms with Crippen LogP contribution < -0.4 is 0 Å². The minimum absolute atomic E-state index is 0.135. The Hall–Kier alpha value is -2.61. The highest BCUT2D eigenvalue weighted by molar-refractivity contribution is 5.88. The molecule has 0 heterocycles. The van der Waals surface area contributed by atoms with Crippen molar-refractivity contribution in [3.05, 3.63) is 77.4 Å². The van der Waals surface area contributed by atoms with Crippen LogP contribution in [0.25, 0.3) is 10.8 Å². The van der Waals surface area contributed by atoms with Crippen LogP contribution in [0.5, 0.6) is 5.75 Å². The number of hydrogen-bond donors (Lipinski definition) is 1. The molecule has 2 nitrogen and oxygen atoms in total. The average molecular weight is 425 g/mol. The van der Waals surface area contributed by atoms with Gasteiger partial charge in [-0.25, -0.2) is 0 Å². The molecule has 164 valence electrons. The van der Waals surface area contributed by atoms with Crippen molar-refractivity contribution in [2.75, 3.05) is 0 Å². The van der Waals surface area contributed by atoms with Crippen LogP contribution in [0.2, 0.25) is 0 Å². The smallest absolute Gasteiger partial charge is 0.139 e. The van der Waals surface area contributed by atoms with E-state index in [2.05, 4.69) is 55.5 Å². The van der Waals surface area contributed by atoms with Crippen LogP contribution in [-0.4, -0.2) is 10.9 Å². The van der Waals surface area contributed by atoms with Gasteiger partial charge in [0.15, 0.2) is 0 Å². The number of fused-ring (bicyclic) bond motifs is 6. The molecule has 0 amide bonds. The lowest BCUT2D eigenvalue weighted by molar-refractivity contribution is -0.129. The van der Waals surface area contributed by atoms with Crippen LogP contribution >= 0.6 is 0 Å². The van der Waals surface area contributed by atoms with Gasteiger partial charge in [0.1, 0.15) is 11.5 Å². The third-order valence-electron chi connectivity index (χ3n) is 9.17. The first-order valence-electron chi connectivity index (χ1n) is 12.4. The maximum atomic E-state index is 13.3. The molecule has 3 aromatic rings. The molecule has 3 aromatic carbocycles. The van der Waals surface area contributed by atoms with E-state index in [1.165, 1.54) is 27.5 Å². The topological polar surface area (TPSA) is 37.3 Å². The zero-order valence-corrected chi connectivity index (χ0v) is 18.9. The lowest BCUT2D eigenvalue weighted by atomic mass is 9.54. The van der Waals surface area contributed by atoms with Crippen LogP contribution in [0.15, 0.2) is 60.7 Å². The van der Waals surface area contributed by atoms with Gasteiger partial charge in [0.2, 0.25) is 0 Å². The Morgan fingerprint density at radius 2 is 1.84 bits per heavy atom. The maximum absolute atomic E-state index is 13.3. The first-order chi connectivity index (χ1) is 15.5. The van der Waals surface area contributed by atoms with Crippen molar-refractivity contribution in [3.8, 4) is 5.75 Å². The van der Waals surface area contributed by atoms with Crippen molar-refractivity contribution < 1.29 is 9.90 Å². The first kappa shape index (κ1) is 20.0. The Balaban J connectivity index is 1.27. The molecule has 6 rings (SSSR count). The molecule has 5 atom stereocenters. The monoisotopic (exact) mass is 424 g/mol. The number of rotatable bonds is 3. The average Bonchev–Trinajstić information content (AvgIpc) is 3.07. The maximum Gasteiger partial charge on any atom is 0.139 e. The van der Waals surface area contributed by atoms with Gasteiger partial charge in [-0.05, 0) is 102 Å². The zero-order valence-electron chi connectivity index (χ0n) is 18.9. The highest BCUT2D eigenvalue weighted by Gasteiger charge is 2.58. The molecule has 0 unspecified atom stereocenters. The first-order valence-corrected chi connectivity index (χ1v) is 12.4. The number of hydrogen-bond acceptors (Lipinski definition) is 2. The van der Waals surface area contributed by atoms with Crippen LogP contribution in [0, 0.1) is 23.2 Å². The Kier molecular flexibility index (Phi) is 4.68. The zero-order chi connectivity index (χ0) is 21.9. The second kappa shape index (κ2) is 7.47. The number of phenols is 1. The fourth-order valence-electron chi connectivity index (χ4n) is 7.64. The molecule has 0 radical (unpaired) electrons. The molecule has 32 heavy (non-hydrogen) atoms. The summed E-state index contributed by atoms with van der Waals surface area (Å²) in [6.45, 7) is 2.28. The molecular weight excluding hydrogens is 392 g/mol. The number of aryl methyl sites for hydroxylation is 2. The molecule has 2 fully saturated rings. The van der Waals surface area contributed by atoms with E-state index in [0.717, 1.165) is 44.9 Å². The number of benzene rings is 3. The lowest BCUT2D eigenvalue weighted by Gasteiger charge is -2.50. The third kappa shape index (κ3) is 3.10. The predicted molar refractivity (Wildman–Crippen MR) is 129 cm³/mol. The number of ketones is 1. The molecule has 0 spiro atoms. The van der Waals surface area contributed by atoms with Gasteiger partial charge >= 0.3 is 0 Å². The van der Waals surface area contributed by atoms with E-state index >= 15 is 0 Å². The molecular formula is C30H32O2. The van der Waals surface area contributed by atoms with Crippen molar-refractivity contribution in [1.29, 1.82) is 0 Å². The Morgan fingerprint density at radius 1 is 1.00 bits per heavy atom. The van der Waals surface area contributed by atoms with Crippen LogP contribution in [0.4, 0.5) is 0 Å². The number of carbonyl (C=O) groups excluding carboxylic acids is 1. The van der Waals surface area contributed by atoms with Crippen molar-refractivity contribution >= 4 is 16.6 Å².